The minimum absolute atomic E-state index is 0. The summed E-state index contributed by atoms with van der Waals surface area (Å²) in [5.41, 5.74) is 2.57. The summed E-state index contributed by atoms with van der Waals surface area (Å²) in [4.78, 5) is 21.7. The number of aromatic nitrogens is 2. The van der Waals surface area contributed by atoms with Crippen molar-refractivity contribution in [3.8, 4) is 0 Å². The molecule has 14 heteroatoms. The number of carbonyl (C=O) groups excluding carboxylic acids is 1. The summed E-state index contributed by atoms with van der Waals surface area (Å²) in [6.45, 7) is 3.97. The number of hydrogen-bond acceptors (Lipinski definition) is 9. The number of rotatable bonds is 3. The summed E-state index contributed by atoms with van der Waals surface area (Å²) in [5, 5.41) is 8.43. The minimum atomic E-state index is -0.181. The van der Waals surface area contributed by atoms with Crippen LogP contribution in [0.3, 0.4) is 0 Å². The fraction of sp³-hybridized carbons (Fsp3) is 0.0952. The minimum Gasteiger partial charge on any atom is -1.00 e. The quantitative estimate of drug-likeness (QED) is 0.112. The van der Waals surface area contributed by atoms with E-state index >= 15 is 0 Å². The molecule has 0 N–H and O–H groups in total. The topological polar surface area (TPSA) is 75.1 Å². The number of benzene rings is 2. The van der Waals surface area contributed by atoms with Crippen LogP contribution in [0.4, 0.5) is 0 Å². The van der Waals surface area contributed by atoms with E-state index in [-0.39, 0.29) is 111 Å². The monoisotopic (exact) mass is 790 g/mol. The van der Waals surface area contributed by atoms with Gasteiger partial charge in [0.1, 0.15) is 0 Å². The number of halogens is 3. The van der Waals surface area contributed by atoms with Crippen molar-refractivity contribution < 1.29 is 119 Å². The van der Waals surface area contributed by atoms with Crippen molar-refractivity contribution in [1.82, 2.24) is 9.97 Å². The van der Waals surface area contributed by atoms with Gasteiger partial charge in [-0.05, 0) is 85.9 Å². The van der Waals surface area contributed by atoms with E-state index in [1.165, 1.54) is 16.0 Å². The van der Waals surface area contributed by atoms with Gasteiger partial charge >= 0.3 is 103 Å². The summed E-state index contributed by atoms with van der Waals surface area (Å²) in [6.07, 6.45) is 3.59. The predicted octanol–water partition coefficient (Wildman–Crippen LogP) is 1.87. The predicted molar refractivity (Wildman–Crippen MR) is 149 cm³/mol. The normalized spacial score (nSPS) is 8.77. The van der Waals surface area contributed by atoms with Gasteiger partial charge in [0, 0.05) is 9.79 Å². The van der Waals surface area contributed by atoms with Crippen LogP contribution in [-0.2, 0) is 9.68 Å². The van der Waals surface area contributed by atoms with Gasteiger partial charge in [-0.2, -0.15) is 0 Å². The smallest absolute Gasteiger partial charge is 1.00 e. The summed E-state index contributed by atoms with van der Waals surface area (Å²) >= 11 is 18.9. The molecule has 0 aliphatic rings. The number of thiol groups is 1. The summed E-state index contributed by atoms with van der Waals surface area (Å²) in [5.74, 6) is 0. The molecule has 2 aromatic carbocycles. The van der Waals surface area contributed by atoms with Crippen LogP contribution in [0.25, 0.3) is 0 Å². The molecule has 0 bridgehead atoms. The summed E-state index contributed by atoms with van der Waals surface area (Å²) in [6, 6.07) is 16.5. The van der Waals surface area contributed by atoms with Gasteiger partial charge in [-0.25, -0.2) is 9.97 Å². The molecule has 0 amide bonds. The Bertz CT molecular complexity index is 1060. The van der Waals surface area contributed by atoms with E-state index in [0.29, 0.717) is 0 Å². The third kappa shape index (κ3) is 21.0. The third-order valence-corrected chi connectivity index (χ3v) is 8.02. The third-order valence-electron chi connectivity index (χ3n) is 3.20. The van der Waals surface area contributed by atoms with Crippen LogP contribution in [0.2, 0.25) is 0 Å². The molecule has 0 fully saturated rings. The van der Waals surface area contributed by atoms with Crippen LogP contribution in [0, 0.1) is 13.8 Å². The Morgan fingerprint density at radius 3 is 1.69 bits per heavy atom. The zero-order valence-electron chi connectivity index (χ0n) is 20.3. The molecule has 4 rings (SSSR count). The van der Waals surface area contributed by atoms with E-state index in [9.17, 15) is 0 Å². The molecule has 0 atom stereocenters. The van der Waals surface area contributed by atoms with Crippen LogP contribution in [0.1, 0.15) is 12.6 Å². The molecule has 0 aliphatic heterocycles. The number of carbonyl (C=O) groups is 1. The average Bonchev–Trinajstić information content (AvgIpc) is 3.39. The second-order valence-corrected chi connectivity index (χ2v) is 13.7. The fourth-order valence-electron chi connectivity index (χ4n) is 1.77. The summed E-state index contributed by atoms with van der Waals surface area (Å²) in [7, 11) is 0. The van der Waals surface area contributed by atoms with Crippen molar-refractivity contribution in [3.63, 3.8) is 0 Å². The molecule has 35 heavy (non-hydrogen) atoms. The molecule has 0 saturated carbocycles. The van der Waals surface area contributed by atoms with Crippen molar-refractivity contribution >= 4 is 101 Å². The first-order chi connectivity index (χ1) is 15.7. The fourth-order valence-corrected chi connectivity index (χ4v) is 6.70. The molecule has 0 saturated heterocycles. The Kier molecular flexibility index (Phi) is 27.6. The van der Waals surface area contributed by atoms with Crippen LogP contribution in [-0.4, -0.2) is 16.4 Å². The Morgan fingerprint density at radius 1 is 0.914 bits per heavy atom. The molecule has 2 heterocycles. The van der Waals surface area contributed by atoms with Crippen molar-refractivity contribution in [1.29, 1.82) is 0 Å². The zero-order chi connectivity index (χ0) is 24.6. The van der Waals surface area contributed by atoms with Gasteiger partial charge in [0.25, 0.3) is 6.47 Å². The number of aryl methyl sites for hydroxylation is 2. The second-order valence-electron chi connectivity index (χ2n) is 5.79. The van der Waals surface area contributed by atoms with Crippen molar-refractivity contribution in [2.75, 3.05) is 0 Å². The molecule has 0 spiro atoms. The van der Waals surface area contributed by atoms with Gasteiger partial charge in [0.2, 0.25) is 0 Å². The first kappa shape index (κ1) is 39.7. The summed E-state index contributed by atoms with van der Waals surface area (Å²) < 4.78 is 4.12. The van der Waals surface area contributed by atoms with Gasteiger partial charge in [0.15, 0.2) is 8.26 Å². The van der Waals surface area contributed by atoms with Gasteiger partial charge in [-0.1, -0.05) is 47.2 Å². The van der Waals surface area contributed by atoms with Gasteiger partial charge in [-0.15, -0.1) is 35.3 Å². The van der Waals surface area contributed by atoms with E-state index in [0.717, 1.165) is 20.7 Å². The molecular formula is C21H19Br3K2N2O3S4. The molecule has 0 radical (unpaired) electrons. The largest absolute Gasteiger partial charge is 1.00 e. The van der Waals surface area contributed by atoms with Crippen molar-refractivity contribution in [2.45, 2.75) is 28.0 Å². The first-order valence-corrected chi connectivity index (χ1v) is 14.1. The molecule has 0 aliphatic carbocycles. The van der Waals surface area contributed by atoms with E-state index < -0.39 is 0 Å². The van der Waals surface area contributed by atoms with Gasteiger partial charge in [0.05, 0.1) is 20.0 Å². The van der Waals surface area contributed by atoms with Crippen molar-refractivity contribution in [3.05, 3.63) is 83.5 Å². The molecule has 0 unspecified atom stereocenters. The number of thiazole rings is 2. The Balaban J connectivity index is -0.000000430. The molecule has 5 nitrogen and oxygen atoms in total. The maximum absolute atomic E-state index is 8.64. The maximum atomic E-state index is 8.64. The van der Waals surface area contributed by atoms with Crippen LogP contribution in [0.15, 0.2) is 86.5 Å². The maximum Gasteiger partial charge on any atom is 1.00 e. The molecule has 2 aromatic heterocycles. The number of nitrogens with zero attached hydrogens (tertiary/aromatic N) is 2. The van der Waals surface area contributed by atoms with Gasteiger partial charge < -0.3 is 11.6 Å². The van der Waals surface area contributed by atoms with E-state index in [4.69, 9.17) is 10.1 Å². The number of hydrogen-bond donors (Lipinski definition) is 1. The van der Waals surface area contributed by atoms with Crippen LogP contribution >= 0.6 is 94.9 Å². The Hall–Kier alpha value is 2.54. The van der Waals surface area contributed by atoms with E-state index in [2.05, 4.69) is 113 Å². The standard InChI is InChI=1S/C10H8BrNS2.C7H8S.C3HBr2NS.CH2O3.2K.H/c1-7-2-4-8(5-3-7)13-10-12-6-9(11)14-10;1-6-2-4-7(8)5-3-6;4-2-1-6-3(5)7-2;2-1-4-3;;;/h2-6H,1H3;2-5,8H,1H3;1H;1,3H;;;/q;;;;2*+1;-1/p-1. The molecular weight excluding hydrogens is 774 g/mol. The average molecular weight is 794 g/mol. The van der Waals surface area contributed by atoms with Crippen LogP contribution in [0.5, 0.6) is 0 Å². The molecule has 178 valence electrons. The second kappa shape index (κ2) is 24.3. The van der Waals surface area contributed by atoms with E-state index in [1.54, 1.807) is 40.6 Å². The van der Waals surface area contributed by atoms with Gasteiger partial charge in [-0.3, -0.25) is 4.79 Å². The Morgan fingerprint density at radius 2 is 1.37 bits per heavy atom. The van der Waals surface area contributed by atoms with Crippen LogP contribution < -0.4 is 108 Å². The SMILES string of the molecule is Brc1cnc(Br)s1.Cc1ccc(S)cc1.Cc1ccc(Sc2ncc(Br)s2)cc1.O=CO[O-].[H-].[K+].[K+]. The van der Waals surface area contributed by atoms with E-state index in [1.807, 2.05) is 30.5 Å². The first-order valence-electron chi connectivity index (χ1n) is 8.84. The Labute approximate surface area is 335 Å². The molecule has 4 aromatic rings. The zero-order valence-corrected chi connectivity index (χ0v) is 33.6. The van der Waals surface area contributed by atoms with Crippen molar-refractivity contribution in [2.24, 2.45) is 0 Å².